The Labute approximate surface area is 217 Å². The summed E-state index contributed by atoms with van der Waals surface area (Å²) in [7, 11) is 1.83. The summed E-state index contributed by atoms with van der Waals surface area (Å²) >= 11 is 0. The predicted molar refractivity (Wildman–Crippen MR) is 142 cm³/mol. The summed E-state index contributed by atoms with van der Waals surface area (Å²) in [5.41, 5.74) is 1.06. The van der Waals surface area contributed by atoms with Gasteiger partial charge in [0.25, 0.3) is 0 Å². The second-order valence-electron chi connectivity index (χ2n) is 11.2. The molecule has 0 radical (unpaired) electrons. The van der Waals surface area contributed by atoms with Gasteiger partial charge in [0.2, 0.25) is 5.91 Å². The quantitative estimate of drug-likeness (QED) is 0.452. The normalized spacial score (nSPS) is 23.1. The number of halogens is 1. The van der Waals surface area contributed by atoms with Gasteiger partial charge in [-0.25, -0.2) is 4.39 Å². The van der Waals surface area contributed by atoms with Crippen molar-refractivity contribution >= 4 is 22.6 Å². The number of carbonyl (C=O) groups excluding carboxylic acids is 1. The summed E-state index contributed by atoms with van der Waals surface area (Å²) in [6.45, 7) is 6.76. The van der Waals surface area contributed by atoms with Crippen LogP contribution in [0.4, 0.5) is 10.2 Å². The van der Waals surface area contributed by atoms with Gasteiger partial charge in [-0.05, 0) is 70.2 Å². The van der Waals surface area contributed by atoms with E-state index in [9.17, 15) is 14.3 Å². The molecule has 1 saturated carbocycles. The first-order valence-corrected chi connectivity index (χ1v) is 13.1. The van der Waals surface area contributed by atoms with Gasteiger partial charge in [-0.15, -0.1) is 0 Å². The fourth-order valence-electron chi connectivity index (χ4n) is 5.59. The van der Waals surface area contributed by atoms with Gasteiger partial charge in [0.1, 0.15) is 5.67 Å². The minimum Gasteiger partial charge on any atom is -0.385 e. The monoisotopic (exact) mass is 508 g/mol. The van der Waals surface area contributed by atoms with Crippen molar-refractivity contribution in [2.45, 2.75) is 69.8 Å². The van der Waals surface area contributed by atoms with Gasteiger partial charge < -0.3 is 15.7 Å². The lowest BCUT2D eigenvalue weighted by atomic mass is 9.77. The number of carbonyl (C=O) groups is 1. The highest BCUT2D eigenvalue weighted by Gasteiger charge is 2.40. The molecule has 0 atom stereocenters. The molecule has 1 aliphatic carbocycles. The van der Waals surface area contributed by atoms with Crippen LogP contribution < -0.4 is 10.6 Å². The summed E-state index contributed by atoms with van der Waals surface area (Å²) in [6, 6.07) is 9.92. The van der Waals surface area contributed by atoms with Gasteiger partial charge in [-0.1, -0.05) is 12.1 Å². The molecule has 3 heterocycles. The highest BCUT2D eigenvalue weighted by Crippen LogP contribution is 2.39. The van der Waals surface area contributed by atoms with E-state index in [1.807, 2.05) is 32.2 Å². The fourth-order valence-corrected chi connectivity index (χ4v) is 5.59. The average Bonchev–Trinajstić information content (AvgIpc) is 3.15. The number of likely N-dealkylation sites (tertiary alicyclic amines) is 1. The van der Waals surface area contributed by atoms with Crippen LogP contribution in [-0.2, 0) is 23.1 Å². The third-order valence-electron chi connectivity index (χ3n) is 7.98. The Balaban J connectivity index is 1.09. The molecule has 0 bridgehead atoms. The van der Waals surface area contributed by atoms with E-state index in [1.54, 1.807) is 23.0 Å². The summed E-state index contributed by atoms with van der Waals surface area (Å²) in [4.78, 5) is 19.4. The number of hydrogen-bond acceptors (Lipinski definition) is 6. The summed E-state index contributed by atoms with van der Waals surface area (Å²) in [6.07, 6.45) is 5.10. The first-order chi connectivity index (χ1) is 17.5. The number of fused-ring (bicyclic) bond motifs is 1. The van der Waals surface area contributed by atoms with Crippen molar-refractivity contribution in [3.05, 3.63) is 53.3 Å². The molecule has 1 amide bonds. The number of amides is 1. The Morgan fingerprint density at radius 1 is 1.22 bits per heavy atom. The molecule has 198 valence electrons. The van der Waals surface area contributed by atoms with Gasteiger partial charge in [0.15, 0.2) is 5.82 Å². The van der Waals surface area contributed by atoms with E-state index in [1.165, 1.54) is 13.8 Å². The lowest BCUT2D eigenvalue weighted by molar-refractivity contribution is -0.121. The van der Waals surface area contributed by atoms with Gasteiger partial charge >= 0.3 is 0 Å². The second kappa shape index (κ2) is 9.68. The third kappa shape index (κ3) is 5.33. The number of hydrogen-bond donors (Lipinski definition) is 3. The van der Waals surface area contributed by atoms with Crippen LogP contribution in [0.25, 0.3) is 10.9 Å². The van der Waals surface area contributed by atoms with Gasteiger partial charge in [-0.3, -0.25) is 19.4 Å². The Morgan fingerprint density at radius 3 is 2.59 bits per heavy atom. The number of aryl methyl sites for hydroxylation is 2. The van der Waals surface area contributed by atoms with Crippen LogP contribution in [0.5, 0.6) is 0 Å². The minimum absolute atomic E-state index is 0.0877. The molecule has 1 saturated heterocycles. The molecular formula is C28H37FN6O2. The molecule has 5 rings (SSSR count). The molecular weight excluding hydrogens is 471 g/mol. The van der Waals surface area contributed by atoms with Gasteiger partial charge in [0.05, 0.1) is 23.7 Å². The first kappa shape index (κ1) is 25.6. The Hall–Kier alpha value is -3.04. The highest BCUT2D eigenvalue weighted by atomic mass is 19.1. The van der Waals surface area contributed by atoms with Crippen LogP contribution >= 0.6 is 0 Å². The SMILES string of the molecule is Cc1ccc([C@]2(O)CC[C@H](N3CC(NC(=O)CNc4nn(C)c5ccc(C(C)(C)F)cc45)C3)CC2)cn1. The van der Waals surface area contributed by atoms with E-state index in [-0.39, 0.29) is 18.5 Å². The molecule has 8 nitrogen and oxygen atoms in total. The molecule has 1 aromatic carbocycles. The van der Waals surface area contributed by atoms with Crippen molar-refractivity contribution < 1.29 is 14.3 Å². The molecule has 0 spiro atoms. The van der Waals surface area contributed by atoms with Crippen LogP contribution in [0.3, 0.4) is 0 Å². The molecule has 0 unspecified atom stereocenters. The molecule has 1 aliphatic heterocycles. The topological polar surface area (TPSA) is 95.3 Å². The van der Waals surface area contributed by atoms with E-state index in [4.69, 9.17) is 0 Å². The number of benzene rings is 1. The number of nitrogens with one attached hydrogen (secondary N) is 2. The fraction of sp³-hybridized carbons (Fsp3) is 0.536. The lowest BCUT2D eigenvalue weighted by Crippen LogP contribution is -2.63. The van der Waals surface area contributed by atoms with Gasteiger partial charge in [-0.2, -0.15) is 5.10 Å². The number of anilines is 1. The molecule has 9 heteroatoms. The predicted octanol–water partition coefficient (Wildman–Crippen LogP) is 3.52. The standard InChI is InChI=1S/C28H37FN6O2/c1-18-5-6-20(14-30-18)28(37)11-9-22(10-12-28)35-16-21(17-35)32-25(36)15-31-26-23-13-19(27(2,3)29)7-8-24(23)34(4)33-26/h5-8,13-14,21-22,37H,9-12,15-17H2,1-4H3,(H,31,33)(H,32,36)/t22-,28-. The zero-order chi connectivity index (χ0) is 26.4. The molecule has 3 N–H and O–H groups in total. The first-order valence-electron chi connectivity index (χ1n) is 13.1. The maximum Gasteiger partial charge on any atom is 0.239 e. The maximum atomic E-state index is 14.5. The van der Waals surface area contributed by atoms with Crippen LogP contribution in [-0.4, -0.2) is 62.4 Å². The molecule has 2 fully saturated rings. The Bertz CT molecular complexity index is 1270. The number of aliphatic hydroxyl groups is 1. The summed E-state index contributed by atoms with van der Waals surface area (Å²) in [5.74, 6) is 0.489. The van der Waals surface area contributed by atoms with E-state index in [2.05, 4.69) is 25.6 Å². The van der Waals surface area contributed by atoms with Crippen LogP contribution in [0.15, 0.2) is 36.5 Å². The molecule has 3 aromatic rings. The third-order valence-corrected chi connectivity index (χ3v) is 7.98. The van der Waals surface area contributed by atoms with E-state index in [0.717, 1.165) is 60.9 Å². The zero-order valence-corrected chi connectivity index (χ0v) is 22.1. The van der Waals surface area contributed by atoms with Crippen molar-refractivity contribution in [3.8, 4) is 0 Å². The van der Waals surface area contributed by atoms with E-state index >= 15 is 0 Å². The smallest absolute Gasteiger partial charge is 0.239 e. The Kier molecular flexibility index (Phi) is 6.70. The number of alkyl halides is 1. The van der Waals surface area contributed by atoms with Gasteiger partial charge in [0, 0.05) is 49.0 Å². The molecule has 2 aliphatic rings. The molecule has 2 aromatic heterocycles. The van der Waals surface area contributed by atoms with E-state index in [0.29, 0.717) is 17.4 Å². The number of nitrogens with zero attached hydrogens (tertiary/aromatic N) is 4. The van der Waals surface area contributed by atoms with Crippen molar-refractivity contribution in [1.82, 2.24) is 25.0 Å². The number of rotatable bonds is 7. The highest BCUT2D eigenvalue weighted by molar-refractivity contribution is 5.92. The summed E-state index contributed by atoms with van der Waals surface area (Å²) < 4.78 is 16.2. The molecule has 37 heavy (non-hydrogen) atoms. The lowest BCUT2D eigenvalue weighted by Gasteiger charge is -2.48. The largest absolute Gasteiger partial charge is 0.385 e. The minimum atomic E-state index is -1.45. The number of aromatic nitrogens is 3. The van der Waals surface area contributed by atoms with E-state index < -0.39 is 11.3 Å². The number of pyridine rings is 1. The second-order valence-corrected chi connectivity index (χ2v) is 11.2. The van der Waals surface area contributed by atoms with Crippen LogP contribution in [0, 0.1) is 6.92 Å². The van der Waals surface area contributed by atoms with Crippen molar-refractivity contribution in [1.29, 1.82) is 0 Å². The Morgan fingerprint density at radius 2 is 1.95 bits per heavy atom. The van der Waals surface area contributed by atoms with Crippen molar-refractivity contribution in [2.75, 3.05) is 25.0 Å². The summed E-state index contributed by atoms with van der Waals surface area (Å²) in [5, 5.41) is 22.6. The maximum absolute atomic E-state index is 14.5. The average molecular weight is 509 g/mol. The zero-order valence-electron chi connectivity index (χ0n) is 22.1. The van der Waals surface area contributed by atoms with Crippen molar-refractivity contribution in [3.63, 3.8) is 0 Å². The van der Waals surface area contributed by atoms with Crippen LogP contribution in [0.1, 0.15) is 56.4 Å². The van der Waals surface area contributed by atoms with Crippen LogP contribution in [0.2, 0.25) is 0 Å². The van der Waals surface area contributed by atoms with Crippen molar-refractivity contribution in [2.24, 2.45) is 7.05 Å².